The van der Waals surface area contributed by atoms with Crippen LogP contribution in [-0.4, -0.2) is 9.79 Å². The Morgan fingerprint density at radius 3 is 1.32 bits per heavy atom. The Hall–Kier alpha value is -2.16. The van der Waals surface area contributed by atoms with Gasteiger partial charge in [-0.2, -0.15) is 0 Å². The zero-order chi connectivity index (χ0) is 17.9. The molecule has 0 bridgehead atoms. The van der Waals surface area contributed by atoms with Gasteiger partial charge >= 0.3 is 6.95 Å². The van der Waals surface area contributed by atoms with Gasteiger partial charge in [-0.15, -0.1) is 0 Å². The molecule has 0 amide bonds. The van der Waals surface area contributed by atoms with Gasteiger partial charge in [0.2, 0.25) is 0 Å². The molecule has 3 nitrogen and oxygen atoms in total. The molecule has 0 fully saturated rings. The molecule has 0 aliphatic carbocycles. The monoisotopic (exact) mass is 370 g/mol. The van der Waals surface area contributed by atoms with E-state index in [1.165, 1.54) is 32.7 Å². The third kappa shape index (κ3) is 4.47. The van der Waals surface area contributed by atoms with Gasteiger partial charge in [0.1, 0.15) is 0 Å². The molecule has 0 aliphatic heterocycles. The first kappa shape index (κ1) is 17.7. The van der Waals surface area contributed by atoms with Crippen LogP contribution in [-0.2, 0) is 4.57 Å². The van der Waals surface area contributed by atoms with Crippen molar-refractivity contribution in [3.8, 4) is 11.1 Å². The van der Waals surface area contributed by atoms with Gasteiger partial charge in [0, 0.05) is 11.2 Å². The van der Waals surface area contributed by atoms with Crippen molar-refractivity contribution >= 4 is 39.7 Å². The van der Waals surface area contributed by atoms with E-state index in [2.05, 4.69) is 96.2 Å². The number of hydrogen-bond donors (Lipinski definition) is 2. The second-order valence-electron chi connectivity index (χ2n) is 5.53. The van der Waals surface area contributed by atoms with E-state index in [1.54, 1.807) is 0 Å². The van der Waals surface area contributed by atoms with Gasteiger partial charge in [-0.3, -0.25) is 0 Å². The largest absolute Gasteiger partial charge is 0.419 e. The van der Waals surface area contributed by atoms with Crippen molar-refractivity contribution in [3.63, 3.8) is 0 Å². The van der Waals surface area contributed by atoms with Gasteiger partial charge in [0.15, 0.2) is 0 Å². The van der Waals surface area contributed by atoms with Crippen LogP contribution in [0.25, 0.3) is 32.7 Å². The molecule has 0 atom stereocenters. The van der Waals surface area contributed by atoms with Crippen LogP contribution in [0, 0.1) is 0 Å². The average molecular weight is 371 g/mol. The topological polar surface area (TPSA) is 57.5 Å². The summed E-state index contributed by atoms with van der Waals surface area (Å²) >= 11 is 4.20. The molecule has 0 radical (unpaired) electrons. The van der Waals surface area contributed by atoms with E-state index in [4.69, 9.17) is 14.4 Å². The SMILES string of the molecule is O=P(O)(O)Cl.c1ccc2c(-c3cccc4ccccc34)cccc2c1. The maximum atomic E-state index is 9.09. The molecule has 4 aromatic carbocycles. The second kappa shape index (κ2) is 7.38. The number of hydrogen-bond acceptors (Lipinski definition) is 1. The van der Waals surface area contributed by atoms with Crippen LogP contribution < -0.4 is 0 Å². The number of benzene rings is 4. The molecular weight excluding hydrogens is 355 g/mol. The van der Waals surface area contributed by atoms with Crippen LogP contribution in [0.4, 0.5) is 0 Å². The molecule has 0 saturated carbocycles. The molecule has 0 saturated heterocycles. The minimum atomic E-state index is -4.17. The first-order valence-corrected chi connectivity index (χ1v) is 10.2. The van der Waals surface area contributed by atoms with Crippen LogP contribution >= 0.6 is 18.2 Å². The van der Waals surface area contributed by atoms with E-state index >= 15 is 0 Å². The lowest BCUT2D eigenvalue weighted by Gasteiger charge is -2.10. The van der Waals surface area contributed by atoms with Gasteiger partial charge in [0.05, 0.1) is 0 Å². The molecule has 0 heterocycles. The van der Waals surface area contributed by atoms with E-state index in [9.17, 15) is 0 Å². The maximum Gasteiger partial charge on any atom is 0.419 e. The Morgan fingerprint density at radius 1 is 0.600 bits per heavy atom. The molecule has 5 heteroatoms. The summed E-state index contributed by atoms with van der Waals surface area (Å²) in [6.07, 6.45) is 0. The van der Waals surface area contributed by atoms with Crippen LogP contribution in [0.2, 0.25) is 0 Å². The average Bonchev–Trinajstić information content (AvgIpc) is 2.59. The van der Waals surface area contributed by atoms with Gasteiger partial charge in [-0.25, -0.2) is 4.57 Å². The second-order valence-corrected chi connectivity index (χ2v) is 7.79. The Balaban J connectivity index is 0.000000324. The lowest BCUT2D eigenvalue weighted by Crippen LogP contribution is -1.83. The van der Waals surface area contributed by atoms with Crippen molar-refractivity contribution in [3.05, 3.63) is 84.9 Å². The predicted octanol–water partition coefficient (Wildman–Crippen LogP) is 5.98. The highest BCUT2D eigenvalue weighted by Gasteiger charge is 2.06. The van der Waals surface area contributed by atoms with Crippen molar-refractivity contribution in [2.75, 3.05) is 0 Å². The Bertz CT molecular complexity index is 976. The molecule has 126 valence electrons. The van der Waals surface area contributed by atoms with Gasteiger partial charge in [-0.1, -0.05) is 84.9 Å². The number of rotatable bonds is 1. The first-order valence-electron chi connectivity index (χ1n) is 7.64. The minimum Gasteiger partial charge on any atom is -0.313 e. The molecular formula is C20H16ClO3P. The third-order valence-corrected chi connectivity index (χ3v) is 3.87. The Kier molecular flexibility index (Phi) is 5.22. The van der Waals surface area contributed by atoms with Crippen LogP contribution in [0.1, 0.15) is 0 Å². The van der Waals surface area contributed by atoms with Crippen molar-refractivity contribution in [2.24, 2.45) is 0 Å². The maximum absolute atomic E-state index is 9.09. The number of halogens is 1. The summed E-state index contributed by atoms with van der Waals surface area (Å²) in [6.45, 7) is -4.17. The van der Waals surface area contributed by atoms with Crippen molar-refractivity contribution in [2.45, 2.75) is 0 Å². The van der Waals surface area contributed by atoms with Gasteiger partial charge in [-0.05, 0) is 32.7 Å². The third-order valence-electron chi connectivity index (χ3n) is 3.87. The first-order chi connectivity index (χ1) is 11.9. The Labute approximate surface area is 150 Å². The van der Waals surface area contributed by atoms with Crippen LogP contribution in [0.5, 0.6) is 0 Å². The van der Waals surface area contributed by atoms with E-state index in [1.807, 2.05) is 0 Å². The summed E-state index contributed by atoms with van der Waals surface area (Å²) in [7, 11) is 0. The molecule has 0 aliphatic rings. The van der Waals surface area contributed by atoms with E-state index in [-0.39, 0.29) is 0 Å². The summed E-state index contributed by atoms with van der Waals surface area (Å²) in [5, 5.41) is 5.20. The normalized spacial score (nSPS) is 11.2. The van der Waals surface area contributed by atoms with Crippen molar-refractivity contribution in [1.29, 1.82) is 0 Å². The summed E-state index contributed by atoms with van der Waals surface area (Å²) in [6, 6.07) is 30.2. The fourth-order valence-corrected chi connectivity index (χ4v) is 2.92. The molecule has 4 aromatic rings. The van der Waals surface area contributed by atoms with Gasteiger partial charge in [0.25, 0.3) is 0 Å². The van der Waals surface area contributed by atoms with Crippen LogP contribution in [0.3, 0.4) is 0 Å². The fourth-order valence-electron chi connectivity index (χ4n) is 2.92. The van der Waals surface area contributed by atoms with Crippen LogP contribution in [0.15, 0.2) is 84.9 Å². The van der Waals surface area contributed by atoms with E-state index in [0.717, 1.165) is 0 Å². The smallest absolute Gasteiger partial charge is 0.313 e. The summed E-state index contributed by atoms with van der Waals surface area (Å²) in [5.41, 5.74) is 2.61. The molecule has 0 aromatic heterocycles. The minimum absolute atomic E-state index is 1.29. The lowest BCUT2D eigenvalue weighted by atomic mass is 9.94. The standard InChI is InChI=1S/C20H14.ClH2O3P/c1-3-11-17-15(7-1)9-5-13-19(17)20-14-6-10-16-8-2-4-12-18(16)20;1-5(2,3)4/h1-14H;(H2,2,3,4). The summed E-state index contributed by atoms with van der Waals surface area (Å²) < 4.78 is 9.09. The summed E-state index contributed by atoms with van der Waals surface area (Å²) in [4.78, 5) is 14.8. The highest BCUT2D eigenvalue weighted by Crippen LogP contribution is 2.40. The zero-order valence-electron chi connectivity index (χ0n) is 13.2. The fraction of sp³-hybridized carbons (Fsp3) is 0. The summed E-state index contributed by atoms with van der Waals surface area (Å²) in [5.74, 6) is 0. The molecule has 25 heavy (non-hydrogen) atoms. The Morgan fingerprint density at radius 2 is 0.920 bits per heavy atom. The highest BCUT2D eigenvalue weighted by atomic mass is 35.7. The highest BCUT2D eigenvalue weighted by molar-refractivity contribution is 7.79. The quantitative estimate of drug-likeness (QED) is 0.405. The molecule has 0 spiro atoms. The van der Waals surface area contributed by atoms with Crippen molar-refractivity contribution in [1.82, 2.24) is 0 Å². The number of fused-ring (bicyclic) bond motifs is 2. The van der Waals surface area contributed by atoms with Gasteiger partial charge < -0.3 is 9.79 Å². The zero-order valence-corrected chi connectivity index (χ0v) is 14.9. The van der Waals surface area contributed by atoms with Crippen molar-refractivity contribution < 1.29 is 14.4 Å². The molecule has 0 unspecified atom stereocenters. The predicted molar refractivity (Wildman–Crippen MR) is 105 cm³/mol. The van der Waals surface area contributed by atoms with E-state index in [0.29, 0.717) is 0 Å². The molecule has 2 N–H and O–H groups in total. The molecule has 4 rings (SSSR count). The lowest BCUT2D eigenvalue weighted by molar-refractivity contribution is 0.395. The van der Waals surface area contributed by atoms with E-state index < -0.39 is 6.95 Å².